The first-order valence-corrected chi connectivity index (χ1v) is 10.4. The van der Waals surface area contributed by atoms with Crippen molar-refractivity contribution in [1.29, 1.82) is 0 Å². The monoisotopic (exact) mass is 416 g/mol. The summed E-state index contributed by atoms with van der Waals surface area (Å²) in [6.07, 6.45) is 6.38. The van der Waals surface area contributed by atoms with E-state index in [0.29, 0.717) is 18.4 Å². The average molecular weight is 416 g/mol. The Morgan fingerprint density at radius 2 is 2.03 bits per heavy atom. The molecule has 1 aliphatic rings. The largest absolute Gasteiger partial charge is 0.497 e. The summed E-state index contributed by atoms with van der Waals surface area (Å²) in [4.78, 5) is 9.08. The van der Waals surface area contributed by atoms with Crippen molar-refractivity contribution in [3.63, 3.8) is 0 Å². The summed E-state index contributed by atoms with van der Waals surface area (Å²) in [5, 5.41) is 12.2. The van der Waals surface area contributed by atoms with Crippen molar-refractivity contribution in [2.75, 3.05) is 25.6 Å². The van der Waals surface area contributed by atoms with Crippen LogP contribution in [0.4, 0.5) is 5.95 Å². The number of ether oxygens (including phenoxy) is 2. The van der Waals surface area contributed by atoms with Crippen molar-refractivity contribution in [3.8, 4) is 17.0 Å². The molecule has 0 radical (unpaired) electrons. The zero-order valence-electron chi connectivity index (χ0n) is 17.4. The van der Waals surface area contributed by atoms with E-state index in [-0.39, 0.29) is 0 Å². The number of hydrogen-bond donors (Lipinski definition) is 1. The lowest BCUT2D eigenvalue weighted by atomic mass is 10.1. The molecule has 1 saturated heterocycles. The van der Waals surface area contributed by atoms with Gasteiger partial charge in [0.05, 0.1) is 12.8 Å². The number of pyridine rings is 1. The number of nitrogens with one attached hydrogen (secondary N) is 1. The van der Waals surface area contributed by atoms with Crippen molar-refractivity contribution in [2.24, 2.45) is 0 Å². The fourth-order valence-corrected chi connectivity index (χ4v) is 3.80. The third kappa shape index (κ3) is 4.34. The number of nitrogens with zero attached hydrogens (tertiary/aromatic N) is 5. The first-order valence-electron chi connectivity index (χ1n) is 10.4. The molecule has 8 heteroatoms. The highest BCUT2D eigenvalue weighted by molar-refractivity contribution is 5.64. The predicted molar refractivity (Wildman–Crippen MR) is 117 cm³/mol. The van der Waals surface area contributed by atoms with Crippen LogP contribution in [0.1, 0.15) is 24.2 Å². The minimum absolute atomic E-state index is 0.349. The Morgan fingerprint density at radius 1 is 1.13 bits per heavy atom. The molecule has 0 unspecified atom stereocenters. The first-order chi connectivity index (χ1) is 15.3. The molecule has 0 atom stereocenters. The minimum Gasteiger partial charge on any atom is -0.497 e. The highest BCUT2D eigenvalue weighted by Gasteiger charge is 2.15. The maximum absolute atomic E-state index is 5.42. The molecule has 4 heterocycles. The van der Waals surface area contributed by atoms with Crippen molar-refractivity contribution in [3.05, 3.63) is 66.2 Å². The fourth-order valence-electron chi connectivity index (χ4n) is 3.80. The fraction of sp³-hybridized carbons (Fsp3) is 0.304. The van der Waals surface area contributed by atoms with Gasteiger partial charge in [-0.25, -0.2) is 9.97 Å². The molecule has 0 bridgehead atoms. The van der Waals surface area contributed by atoms with Crippen LogP contribution in [-0.2, 0) is 11.2 Å². The molecule has 1 fully saturated rings. The molecule has 158 valence electrons. The van der Waals surface area contributed by atoms with E-state index in [4.69, 9.17) is 14.5 Å². The molecule has 8 nitrogen and oxygen atoms in total. The summed E-state index contributed by atoms with van der Waals surface area (Å²) < 4.78 is 12.7. The van der Waals surface area contributed by atoms with Gasteiger partial charge in [-0.2, -0.15) is 0 Å². The summed E-state index contributed by atoms with van der Waals surface area (Å²) in [7, 11) is 1.67. The van der Waals surface area contributed by atoms with Gasteiger partial charge in [0.1, 0.15) is 11.6 Å². The Balaban J connectivity index is 1.37. The third-order valence-electron chi connectivity index (χ3n) is 5.48. The van der Waals surface area contributed by atoms with Gasteiger partial charge in [0.25, 0.3) is 0 Å². The summed E-state index contributed by atoms with van der Waals surface area (Å²) in [5.41, 5.74) is 3.74. The van der Waals surface area contributed by atoms with Crippen molar-refractivity contribution in [2.45, 2.75) is 25.3 Å². The number of aromatic nitrogens is 5. The van der Waals surface area contributed by atoms with Crippen LogP contribution in [0, 0.1) is 0 Å². The first kappa shape index (κ1) is 19.4. The van der Waals surface area contributed by atoms with E-state index < -0.39 is 0 Å². The molecule has 0 aliphatic carbocycles. The highest BCUT2D eigenvalue weighted by Crippen LogP contribution is 2.22. The Bertz CT molecular complexity index is 1190. The lowest BCUT2D eigenvalue weighted by Gasteiger charge is -2.23. The van der Waals surface area contributed by atoms with Gasteiger partial charge in [-0.3, -0.25) is 4.40 Å². The SMILES string of the molecule is COc1cccc(Cc2nnc3cc(-c4ccnc(NC5CCOCC5)n4)ccn23)c1. The topological polar surface area (TPSA) is 86.5 Å². The molecule has 4 aromatic rings. The maximum atomic E-state index is 5.42. The Labute approximate surface area is 180 Å². The number of anilines is 1. The zero-order chi connectivity index (χ0) is 21.0. The second-order valence-corrected chi connectivity index (χ2v) is 7.58. The van der Waals surface area contributed by atoms with Gasteiger partial charge in [0.15, 0.2) is 5.65 Å². The third-order valence-corrected chi connectivity index (χ3v) is 5.48. The van der Waals surface area contributed by atoms with Crippen molar-refractivity contribution < 1.29 is 9.47 Å². The van der Waals surface area contributed by atoms with E-state index in [9.17, 15) is 0 Å². The summed E-state index contributed by atoms with van der Waals surface area (Å²) in [6, 6.07) is 14.3. The summed E-state index contributed by atoms with van der Waals surface area (Å²) in [5.74, 6) is 2.35. The smallest absolute Gasteiger partial charge is 0.223 e. The van der Waals surface area contributed by atoms with E-state index >= 15 is 0 Å². The number of methoxy groups -OCH3 is 1. The van der Waals surface area contributed by atoms with Crippen LogP contribution in [0.25, 0.3) is 16.9 Å². The molecule has 0 saturated carbocycles. The van der Waals surface area contributed by atoms with Crippen molar-refractivity contribution in [1.82, 2.24) is 24.6 Å². The minimum atomic E-state index is 0.349. The second kappa shape index (κ2) is 8.69. The molecule has 3 aromatic heterocycles. The van der Waals surface area contributed by atoms with Gasteiger partial charge in [-0.05, 0) is 48.7 Å². The molecule has 31 heavy (non-hydrogen) atoms. The Kier molecular flexibility index (Phi) is 5.45. The standard InChI is InChI=1S/C23H24N6O2/c1-30-19-4-2-3-16(13-19)14-21-27-28-22-15-17(6-10-29(21)22)20-5-9-24-23(26-20)25-18-7-11-31-12-8-18/h2-6,9-10,13,15,18H,7-8,11-12,14H2,1H3,(H,24,25,26). The Hall–Kier alpha value is -3.52. The molecular weight excluding hydrogens is 392 g/mol. The number of hydrogen-bond acceptors (Lipinski definition) is 7. The molecule has 5 rings (SSSR count). The normalized spacial score (nSPS) is 14.6. The van der Waals surface area contributed by atoms with Gasteiger partial charge in [-0.15, -0.1) is 10.2 Å². The van der Waals surface area contributed by atoms with Gasteiger partial charge in [0, 0.05) is 43.6 Å². The van der Waals surface area contributed by atoms with E-state index in [1.807, 2.05) is 47.0 Å². The van der Waals surface area contributed by atoms with Crippen LogP contribution < -0.4 is 10.1 Å². The van der Waals surface area contributed by atoms with Crippen LogP contribution in [0.3, 0.4) is 0 Å². The van der Waals surface area contributed by atoms with Crippen LogP contribution in [0.2, 0.25) is 0 Å². The average Bonchev–Trinajstić information content (AvgIpc) is 3.22. The maximum Gasteiger partial charge on any atom is 0.223 e. The molecule has 1 aliphatic heterocycles. The van der Waals surface area contributed by atoms with E-state index in [1.165, 1.54) is 0 Å². The second-order valence-electron chi connectivity index (χ2n) is 7.58. The lowest BCUT2D eigenvalue weighted by Crippen LogP contribution is -2.28. The molecule has 1 N–H and O–H groups in total. The number of benzene rings is 1. The quantitative estimate of drug-likeness (QED) is 0.516. The summed E-state index contributed by atoms with van der Waals surface area (Å²) in [6.45, 7) is 1.55. The van der Waals surface area contributed by atoms with Gasteiger partial charge < -0.3 is 14.8 Å². The van der Waals surface area contributed by atoms with Crippen LogP contribution >= 0.6 is 0 Å². The lowest BCUT2D eigenvalue weighted by molar-refractivity contribution is 0.0903. The number of rotatable bonds is 6. The summed E-state index contributed by atoms with van der Waals surface area (Å²) >= 11 is 0. The molecule has 0 amide bonds. The molecule has 1 aromatic carbocycles. The van der Waals surface area contributed by atoms with Crippen LogP contribution in [0.15, 0.2) is 54.9 Å². The zero-order valence-corrected chi connectivity index (χ0v) is 17.4. The van der Waals surface area contributed by atoms with Crippen molar-refractivity contribution >= 4 is 11.6 Å². The van der Waals surface area contributed by atoms with E-state index in [1.54, 1.807) is 13.3 Å². The predicted octanol–water partition coefficient (Wildman–Crippen LogP) is 3.38. The van der Waals surface area contributed by atoms with E-state index in [0.717, 1.165) is 60.1 Å². The van der Waals surface area contributed by atoms with Crippen LogP contribution in [0.5, 0.6) is 5.75 Å². The Morgan fingerprint density at radius 3 is 2.90 bits per heavy atom. The van der Waals surface area contributed by atoms with Crippen LogP contribution in [-0.4, -0.2) is 50.9 Å². The van der Waals surface area contributed by atoms with E-state index in [2.05, 4.69) is 26.6 Å². The van der Waals surface area contributed by atoms with Gasteiger partial charge in [0.2, 0.25) is 5.95 Å². The number of fused-ring (bicyclic) bond motifs is 1. The molecule has 0 spiro atoms. The molecular formula is C23H24N6O2. The van der Waals surface area contributed by atoms with Gasteiger partial charge in [-0.1, -0.05) is 12.1 Å². The highest BCUT2D eigenvalue weighted by atomic mass is 16.5. The van der Waals surface area contributed by atoms with Gasteiger partial charge >= 0.3 is 0 Å².